The summed E-state index contributed by atoms with van der Waals surface area (Å²) in [6.07, 6.45) is 9.89. The van der Waals surface area contributed by atoms with Crippen LogP contribution in [0.1, 0.15) is 65.2 Å². The highest BCUT2D eigenvalue weighted by Crippen LogP contribution is 2.24. The first-order valence-electron chi connectivity index (χ1n) is 7.04. The lowest BCUT2D eigenvalue weighted by molar-refractivity contribution is -0.00863. The molecule has 0 unspecified atom stereocenters. The molecule has 2 heteroatoms. The van der Waals surface area contributed by atoms with Gasteiger partial charge in [-0.15, -0.1) is 0 Å². The van der Waals surface area contributed by atoms with E-state index >= 15 is 0 Å². The maximum absolute atomic E-state index is 10.4. The summed E-state index contributed by atoms with van der Waals surface area (Å²) in [4.78, 5) is 2.40. The average Bonchev–Trinajstić information content (AvgIpc) is 2.57. The number of hydrogen-bond donors (Lipinski definition) is 1. The predicted octanol–water partition coefficient (Wildman–Crippen LogP) is 3.19. The molecule has 0 aromatic heterocycles. The molecule has 2 nitrogen and oxygen atoms in total. The summed E-state index contributed by atoms with van der Waals surface area (Å²) in [7, 11) is 2.19. The molecule has 0 aliphatic heterocycles. The van der Waals surface area contributed by atoms with Crippen molar-refractivity contribution in [3.8, 4) is 0 Å². The minimum absolute atomic E-state index is 0.471. The van der Waals surface area contributed by atoms with Crippen molar-refractivity contribution < 1.29 is 5.11 Å². The Kier molecular flexibility index (Phi) is 5.77. The summed E-state index contributed by atoms with van der Waals surface area (Å²) < 4.78 is 0. The maximum atomic E-state index is 10.4. The van der Waals surface area contributed by atoms with E-state index in [0.717, 1.165) is 19.4 Å². The highest BCUT2D eigenvalue weighted by atomic mass is 16.3. The molecule has 16 heavy (non-hydrogen) atoms. The van der Waals surface area contributed by atoms with Gasteiger partial charge in [0, 0.05) is 12.6 Å². The van der Waals surface area contributed by atoms with E-state index in [9.17, 15) is 5.11 Å². The van der Waals surface area contributed by atoms with Gasteiger partial charge in [0.1, 0.15) is 0 Å². The topological polar surface area (TPSA) is 23.5 Å². The Morgan fingerprint density at radius 2 is 1.56 bits per heavy atom. The number of nitrogens with zero attached hydrogens (tertiary/aromatic N) is 1. The predicted molar refractivity (Wildman–Crippen MR) is 69.7 cm³/mol. The van der Waals surface area contributed by atoms with Crippen molar-refractivity contribution in [3.63, 3.8) is 0 Å². The Balaban J connectivity index is 2.45. The number of hydrogen-bond acceptors (Lipinski definition) is 2. The Hall–Kier alpha value is -0.0800. The van der Waals surface area contributed by atoms with Crippen molar-refractivity contribution in [1.82, 2.24) is 4.90 Å². The zero-order chi connectivity index (χ0) is 12.0. The number of likely N-dealkylation sites (N-methyl/N-ethyl adjacent to an activating group) is 1. The monoisotopic (exact) mass is 227 g/mol. The van der Waals surface area contributed by atoms with Crippen LogP contribution in [0.25, 0.3) is 0 Å². The molecule has 0 spiro atoms. The van der Waals surface area contributed by atoms with Gasteiger partial charge >= 0.3 is 0 Å². The molecule has 1 aliphatic rings. The first-order valence-corrected chi connectivity index (χ1v) is 7.04. The summed E-state index contributed by atoms with van der Waals surface area (Å²) in [6.45, 7) is 5.01. The first kappa shape index (κ1) is 14.0. The van der Waals surface area contributed by atoms with E-state index in [1.165, 1.54) is 38.5 Å². The smallest absolute Gasteiger partial charge is 0.0768 e. The van der Waals surface area contributed by atoms with Crippen molar-refractivity contribution in [2.24, 2.45) is 0 Å². The van der Waals surface area contributed by atoms with Crippen LogP contribution < -0.4 is 0 Å². The quantitative estimate of drug-likeness (QED) is 0.729. The minimum Gasteiger partial charge on any atom is -0.389 e. The van der Waals surface area contributed by atoms with Gasteiger partial charge in [0.15, 0.2) is 0 Å². The van der Waals surface area contributed by atoms with E-state index < -0.39 is 5.60 Å². The maximum Gasteiger partial charge on any atom is 0.0768 e. The highest BCUT2D eigenvalue weighted by Gasteiger charge is 2.27. The SMILES string of the molecule is CCC(O)(CC)CN(C)C1CCCCCC1. The fourth-order valence-electron chi connectivity index (χ4n) is 2.77. The number of aliphatic hydroxyl groups is 1. The third-order valence-corrected chi connectivity index (χ3v) is 4.31. The zero-order valence-corrected chi connectivity index (χ0v) is 11.3. The molecule has 0 amide bonds. The normalized spacial score (nSPS) is 20.1. The average molecular weight is 227 g/mol. The second-order valence-corrected chi connectivity index (χ2v) is 5.49. The molecule has 0 aromatic rings. The first-order chi connectivity index (χ1) is 7.61. The molecule has 0 saturated heterocycles. The summed E-state index contributed by atoms with van der Waals surface area (Å²) >= 11 is 0. The van der Waals surface area contributed by atoms with Crippen molar-refractivity contribution in [2.75, 3.05) is 13.6 Å². The van der Waals surface area contributed by atoms with Gasteiger partial charge < -0.3 is 10.0 Å². The molecule has 96 valence electrons. The van der Waals surface area contributed by atoms with Gasteiger partial charge in [-0.2, -0.15) is 0 Å². The molecule has 1 rings (SSSR count). The molecule has 1 N–H and O–H groups in total. The van der Waals surface area contributed by atoms with Crippen molar-refractivity contribution >= 4 is 0 Å². The Morgan fingerprint density at radius 3 is 2.00 bits per heavy atom. The van der Waals surface area contributed by atoms with E-state index in [2.05, 4.69) is 25.8 Å². The van der Waals surface area contributed by atoms with Crippen LogP contribution in [0, 0.1) is 0 Å². The van der Waals surface area contributed by atoms with Crippen LogP contribution in [0.3, 0.4) is 0 Å². The van der Waals surface area contributed by atoms with Gasteiger partial charge in [-0.3, -0.25) is 0 Å². The lowest BCUT2D eigenvalue weighted by Gasteiger charge is -2.35. The van der Waals surface area contributed by atoms with E-state index in [4.69, 9.17) is 0 Å². The highest BCUT2D eigenvalue weighted by molar-refractivity contribution is 4.82. The molecule has 1 fully saturated rings. The molecule has 0 atom stereocenters. The zero-order valence-electron chi connectivity index (χ0n) is 11.3. The second-order valence-electron chi connectivity index (χ2n) is 5.49. The standard InChI is InChI=1S/C14H29NO/c1-4-14(16,5-2)12-15(3)13-10-8-6-7-9-11-13/h13,16H,4-12H2,1-3H3. The van der Waals surface area contributed by atoms with Crippen molar-refractivity contribution in [1.29, 1.82) is 0 Å². The summed E-state index contributed by atoms with van der Waals surface area (Å²) in [5.41, 5.74) is -0.471. The molecular formula is C14H29NO. The van der Waals surface area contributed by atoms with E-state index in [0.29, 0.717) is 6.04 Å². The third-order valence-electron chi connectivity index (χ3n) is 4.31. The molecule has 1 saturated carbocycles. The Bertz CT molecular complexity index is 181. The van der Waals surface area contributed by atoms with Crippen LogP contribution in [0.4, 0.5) is 0 Å². The third kappa shape index (κ3) is 4.06. The Labute approximate surface area is 101 Å². The molecule has 1 aliphatic carbocycles. The van der Waals surface area contributed by atoms with Crippen LogP contribution >= 0.6 is 0 Å². The summed E-state index contributed by atoms with van der Waals surface area (Å²) in [5.74, 6) is 0. The summed E-state index contributed by atoms with van der Waals surface area (Å²) in [6, 6.07) is 0.701. The van der Waals surface area contributed by atoms with Crippen LogP contribution in [-0.4, -0.2) is 35.2 Å². The van der Waals surface area contributed by atoms with Crippen molar-refractivity contribution in [3.05, 3.63) is 0 Å². The Morgan fingerprint density at radius 1 is 1.06 bits per heavy atom. The fraction of sp³-hybridized carbons (Fsp3) is 1.00. The second kappa shape index (κ2) is 6.61. The lowest BCUT2D eigenvalue weighted by atomic mass is 9.95. The van der Waals surface area contributed by atoms with Crippen LogP contribution in [0.2, 0.25) is 0 Å². The van der Waals surface area contributed by atoms with Gasteiger partial charge in [-0.05, 0) is 32.7 Å². The van der Waals surface area contributed by atoms with Gasteiger partial charge in [-0.25, -0.2) is 0 Å². The molecule has 0 radical (unpaired) electrons. The fourth-order valence-corrected chi connectivity index (χ4v) is 2.77. The molecular weight excluding hydrogens is 198 g/mol. The van der Waals surface area contributed by atoms with Crippen LogP contribution in [0.15, 0.2) is 0 Å². The van der Waals surface area contributed by atoms with Gasteiger partial charge in [0.2, 0.25) is 0 Å². The van der Waals surface area contributed by atoms with Gasteiger partial charge in [0.25, 0.3) is 0 Å². The largest absolute Gasteiger partial charge is 0.389 e. The number of rotatable bonds is 5. The molecule has 0 heterocycles. The summed E-state index contributed by atoms with van der Waals surface area (Å²) in [5, 5.41) is 10.4. The lowest BCUT2D eigenvalue weighted by Crippen LogP contribution is -2.44. The van der Waals surface area contributed by atoms with E-state index in [1.807, 2.05) is 0 Å². The van der Waals surface area contributed by atoms with Crippen LogP contribution in [-0.2, 0) is 0 Å². The van der Waals surface area contributed by atoms with Gasteiger partial charge in [-0.1, -0.05) is 39.5 Å². The molecule has 0 bridgehead atoms. The van der Waals surface area contributed by atoms with Crippen LogP contribution in [0.5, 0.6) is 0 Å². The van der Waals surface area contributed by atoms with E-state index in [-0.39, 0.29) is 0 Å². The van der Waals surface area contributed by atoms with E-state index in [1.54, 1.807) is 0 Å². The molecule has 0 aromatic carbocycles. The van der Waals surface area contributed by atoms with Crippen molar-refractivity contribution in [2.45, 2.75) is 76.9 Å². The minimum atomic E-state index is -0.471. The van der Waals surface area contributed by atoms with Gasteiger partial charge in [0.05, 0.1) is 5.60 Å².